The number of piperidine rings is 2. The minimum absolute atomic E-state index is 0.0692. The van der Waals surface area contributed by atoms with E-state index >= 15 is 0 Å². The summed E-state index contributed by atoms with van der Waals surface area (Å²) >= 11 is 0. The predicted molar refractivity (Wildman–Crippen MR) is 85.0 cm³/mol. The molecule has 0 radical (unpaired) electrons. The number of carboxylic acids is 1. The predicted octanol–water partition coefficient (Wildman–Crippen LogP) is 0.213. The van der Waals surface area contributed by atoms with Gasteiger partial charge in [-0.2, -0.15) is 5.10 Å². The summed E-state index contributed by atoms with van der Waals surface area (Å²) in [6.07, 6.45) is 4.50. The Balaban J connectivity index is 1.73. The van der Waals surface area contributed by atoms with E-state index in [1.165, 1.54) is 0 Å². The SMILES string of the molecule is Cc1nn(CCO)cc1CN1CC[C@@H]2NCCC[C@@]2(C(=O)O)C1. The molecule has 1 aromatic rings. The van der Waals surface area contributed by atoms with Gasteiger partial charge >= 0.3 is 5.97 Å². The number of hydrogen-bond acceptors (Lipinski definition) is 5. The molecule has 0 amide bonds. The van der Waals surface area contributed by atoms with Crippen molar-refractivity contribution in [2.75, 3.05) is 26.2 Å². The number of hydrogen-bond donors (Lipinski definition) is 3. The van der Waals surface area contributed by atoms with Crippen molar-refractivity contribution < 1.29 is 15.0 Å². The zero-order valence-electron chi connectivity index (χ0n) is 13.7. The Morgan fingerprint density at radius 1 is 1.57 bits per heavy atom. The van der Waals surface area contributed by atoms with Crippen molar-refractivity contribution in [3.63, 3.8) is 0 Å². The van der Waals surface area contributed by atoms with Crippen LogP contribution in [-0.4, -0.2) is 63.1 Å². The molecule has 2 aliphatic heterocycles. The van der Waals surface area contributed by atoms with Gasteiger partial charge in [0.2, 0.25) is 0 Å². The van der Waals surface area contributed by atoms with Gasteiger partial charge in [-0.15, -0.1) is 0 Å². The first-order valence-electron chi connectivity index (χ1n) is 8.38. The molecule has 0 bridgehead atoms. The van der Waals surface area contributed by atoms with Gasteiger partial charge in [0.05, 0.1) is 24.3 Å². The van der Waals surface area contributed by atoms with Crippen molar-refractivity contribution in [3.8, 4) is 0 Å². The first-order valence-corrected chi connectivity index (χ1v) is 8.38. The summed E-state index contributed by atoms with van der Waals surface area (Å²) in [5, 5.41) is 26.7. The fourth-order valence-electron chi connectivity index (χ4n) is 4.04. The summed E-state index contributed by atoms with van der Waals surface area (Å²) in [5.41, 5.74) is 1.40. The highest BCUT2D eigenvalue weighted by Gasteiger charge is 2.50. The first kappa shape index (κ1) is 16.4. The number of fused-ring (bicyclic) bond motifs is 1. The van der Waals surface area contributed by atoms with Gasteiger partial charge in [0, 0.05) is 37.4 Å². The zero-order valence-corrected chi connectivity index (χ0v) is 13.7. The van der Waals surface area contributed by atoms with Gasteiger partial charge in [-0.05, 0) is 32.7 Å². The van der Waals surface area contributed by atoms with E-state index in [-0.39, 0.29) is 12.6 Å². The molecule has 0 aliphatic carbocycles. The Hall–Kier alpha value is -1.44. The molecular weight excluding hydrogens is 296 g/mol. The first-order chi connectivity index (χ1) is 11.0. The summed E-state index contributed by atoms with van der Waals surface area (Å²) in [4.78, 5) is 14.2. The van der Waals surface area contributed by atoms with E-state index in [1.54, 1.807) is 4.68 Å². The fraction of sp³-hybridized carbons (Fsp3) is 0.750. The molecule has 0 unspecified atom stereocenters. The number of aliphatic carboxylic acids is 1. The molecule has 0 spiro atoms. The molecule has 23 heavy (non-hydrogen) atoms. The molecule has 2 atom stereocenters. The van der Waals surface area contributed by atoms with E-state index in [4.69, 9.17) is 5.11 Å². The summed E-state index contributed by atoms with van der Waals surface area (Å²) in [6.45, 7) is 5.66. The third-order valence-electron chi connectivity index (χ3n) is 5.29. The van der Waals surface area contributed by atoms with E-state index in [0.29, 0.717) is 13.1 Å². The second-order valence-electron chi connectivity index (χ2n) is 6.80. The van der Waals surface area contributed by atoms with Crippen molar-refractivity contribution in [2.45, 2.75) is 45.3 Å². The minimum Gasteiger partial charge on any atom is -0.481 e. The van der Waals surface area contributed by atoms with E-state index in [0.717, 1.165) is 50.2 Å². The molecule has 7 heteroatoms. The quantitative estimate of drug-likeness (QED) is 0.718. The van der Waals surface area contributed by atoms with Crippen LogP contribution in [0.15, 0.2) is 6.20 Å². The van der Waals surface area contributed by atoms with E-state index in [9.17, 15) is 9.90 Å². The van der Waals surface area contributed by atoms with Gasteiger partial charge in [0.25, 0.3) is 0 Å². The molecule has 0 aromatic carbocycles. The van der Waals surface area contributed by atoms with Crippen LogP contribution < -0.4 is 5.32 Å². The van der Waals surface area contributed by atoms with Crippen LogP contribution in [0.3, 0.4) is 0 Å². The summed E-state index contributed by atoms with van der Waals surface area (Å²) < 4.78 is 1.76. The fourth-order valence-corrected chi connectivity index (χ4v) is 4.04. The van der Waals surface area contributed by atoms with E-state index in [2.05, 4.69) is 15.3 Å². The van der Waals surface area contributed by atoms with Crippen LogP contribution in [-0.2, 0) is 17.9 Å². The van der Waals surface area contributed by atoms with Crippen LogP contribution >= 0.6 is 0 Å². The summed E-state index contributed by atoms with van der Waals surface area (Å²) in [5.74, 6) is -0.674. The van der Waals surface area contributed by atoms with Crippen molar-refractivity contribution in [2.24, 2.45) is 5.41 Å². The Morgan fingerprint density at radius 2 is 2.39 bits per heavy atom. The standard InChI is InChI=1S/C16H26N4O3/c1-12-13(10-20(18-12)7-8-21)9-19-6-3-14-16(11-19,15(22)23)4-2-5-17-14/h10,14,17,21H,2-9,11H2,1H3,(H,22,23)/t14-,16+/m0/s1. The van der Waals surface area contributed by atoms with Crippen LogP contribution in [0.25, 0.3) is 0 Å². The molecule has 0 saturated carbocycles. The van der Waals surface area contributed by atoms with Gasteiger partial charge in [0.15, 0.2) is 0 Å². The number of aliphatic hydroxyl groups is 1. The Labute approximate surface area is 136 Å². The molecule has 1 aromatic heterocycles. The van der Waals surface area contributed by atoms with Crippen molar-refractivity contribution in [1.29, 1.82) is 0 Å². The van der Waals surface area contributed by atoms with Gasteiger partial charge in [-0.1, -0.05) is 0 Å². The summed E-state index contributed by atoms with van der Waals surface area (Å²) in [7, 11) is 0. The average Bonchev–Trinajstić information content (AvgIpc) is 2.87. The normalized spacial score (nSPS) is 28.5. The van der Waals surface area contributed by atoms with Gasteiger partial charge in [-0.25, -0.2) is 0 Å². The van der Waals surface area contributed by atoms with Crippen LogP contribution in [0.4, 0.5) is 0 Å². The number of aryl methyl sites for hydroxylation is 1. The smallest absolute Gasteiger partial charge is 0.312 e. The second kappa shape index (κ2) is 6.59. The molecule has 7 nitrogen and oxygen atoms in total. The van der Waals surface area contributed by atoms with Crippen molar-refractivity contribution in [3.05, 3.63) is 17.5 Å². The van der Waals surface area contributed by atoms with Gasteiger partial charge < -0.3 is 15.5 Å². The third-order valence-corrected chi connectivity index (χ3v) is 5.29. The molecule has 2 fully saturated rings. The number of likely N-dealkylation sites (tertiary alicyclic amines) is 1. The van der Waals surface area contributed by atoms with Crippen molar-refractivity contribution in [1.82, 2.24) is 20.0 Å². The van der Waals surface area contributed by atoms with E-state index in [1.807, 2.05) is 13.1 Å². The number of aromatic nitrogens is 2. The van der Waals surface area contributed by atoms with E-state index < -0.39 is 11.4 Å². The molecule has 3 heterocycles. The maximum absolute atomic E-state index is 12.0. The van der Waals surface area contributed by atoms with Gasteiger partial charge in [-0.3, -0.25) is 14.4 Å². The third kappa shape index (κ3) is 3.13. The highest BCUT2D eigenvalue weighted by molar-refractivity contribution is 5.76. The van der Waals surface area contributed by atoms with Crippen molar-refractivity contribution >= 4 is 5.97 Å². The number of carbonyl (C=O) groups is 1. The van der Waals surface area contributed by atoms with Gasteiger partial charge in [0.1, 0.15) is 0 Å². The average molecular weight is 322 g/mol. The largest absolute Gasteiger partial charge is 0.481 e. The highest BCUT2D eigenvalue weighted by Crippen LogP contribution is 2.38. The number of nitrogens with zero attached hydrogens (tertiary/aromatic N) is 3. The molecule has 2 aliphatic rings. The number of nitrogens with one attached hydrogen (secondary N) is 1. The monoisotopic (exact) mass is 322 g/mol. The van der Waals surface area contributed by atoms with Crippen LogP contribution in [0.1, 0.15) is 30.5 Å². The Morgan fingerprint density at radius 3 is 3.13 bits per heavy atom. The zero-order chi connectivity index (χ0) is 16.4. The molecular formula is C16H26N4O3. The number of aliphatic hydroxyl groups excluding tert-OH is 1. The van der Waals surface area contributed by atoms with Crippen LogP contribution in [0.2, 0.25) is 0 Å². The number of carboxylic acid groups (broad SMARTS) is 1. The lowest BCUT2D eigenvalue weighted by molar-refractivity contribution is -0.157. The molecule has 128 valence electrons. The molecule has 3 rings (SSSR count). The topological polar surface area (TPSA) is 90.6 Å². The minimum atomic E-state index is -0.674. The Bertz CT molecular complexity index is 574. The molecule has 3 N–H and O–H groups in total. The lowest BCUT2D eigenvalue weighted by Crippen LogP contribution is -2.62. The Kier molecular flexibility index (Phi) is 4.70. The lowest BCUT2D eigenvalue weighted by Gasteiger charge is -2.48. The summed E-state index contributed by atoms with van der Waals surface area (Å²) in [6, 6.07) is 0.0863. The van der Waals surface area contributed by atoms with Crippen LogP contribution in [0.5, 0.6) is 0 Å². The highest BCUT2D eigenvalue weighted by atomic mass is 16.4. The lowest BCUT2D eigenvalue weighted by atomic mass is 9.70. The maximum atomic E-state index is 12.0. The maximum Gasteiger partial charge on any atom is 0.312 e. The number of rotatable bonds is 5. The second-order valence-corrected chi connectivity index (χ2v) is 6.80. The molecule has 2 saturated heterocycles. The van der Waals surface area contributed by atoms with Crippen LogP contribution in [0, 0.1) is 12.3 Å².